The van der Waals surface area contributed by atoms with Crippen molar-refractivity contribution in [3.8, 4) is 0 Å². The van der Waals surface area contributed by atoms with Gasteiger partial charge in [0.05, 0.1) is 0 Å². The van der Waals surface area contributed by atoms with Crippen LogP contribution in [0.2, 0.25) is 0 Å². The summed E-state index contributed by atoms with van der Waals surface area (Å²) in [4.78, 5) is 6.73. The molecule has 114 valence electrons. The summed E-state index contributed by atoms with van der Waals surface area (Å²) in [6.45, 7) is 15.6. The fourth-order valence-electron chi connectivity index (χ4n) is 1.78. The van der Waals surface area contributed by atoms with Gasteiger partial charge in [0.25, 0.3) is 0 Å². The molecule has 0 aromatic heterocycles. The van der Waals surface area contributed by atoms with Crippen LogP contribution in [0.4, 0.5) is 0 Å². The highest BCUT2D eigenvalue weighted by atomic mass is 15.2. The van der Waals surface area contributed by atoms with E-state index >= 15 is 0 Å². The summed E-state index contributed by atoms with van der Waals surface area (Å²) < 4.78 is 0. The SMILES string of the molecule is CCN(CC)CCCCNC(=NC)NC(C)C(C)C. The van der Waals surface area contributed by atoms with Crippen molar-refractivity contribution in [2.75, 3.05) is 33.2 Å². The van der Waals surface area contributed by atoms with Crippen LogP contribution in [-0.2, 0) is 0 Å². The monoisotopic (exact) mass is 270 g/mol. The average molecular weight is 270 g/mol. The molecule has 4 heteroatoms. The van der Waals surface area contributed by atoms with E-state index in [0.717, 1.165) is 25.6 Å². The summed E-state index contributed by atoms with van der Waals surface area (Å²) in [7, 11) is 1.83. The molecule has 0 heterocycles. The number of nitrogens with zero attached hydrogens (tertiary/aromatic N) is 2. The summed E-state index contributed by atoms with van der Waals surface area (Å²) in [5, 5.41) is 6.80. The maximum atomic E-state index is 4.26. The molecular weight excluding hydrogens is 236 g/mol. The van der Waals surface area contributed by atoms with Crippen molar-refractivity contribution in [2.45, 2.75) is 53.5 Å². The predicted octanol–water partition coefficient (Wildman–Crippen LogP) is 2.32. The Morgan fingerprint density at radius 1 is 1.11 bits per heavy atom. The number of hydrogen-bond acceptors (Lipinski definition) is 2. The largest absolute Gasteiger partial charge is 0.356 e. The minimum Gasteiger partial charge on any atom is -0.356 e. The zero-order chi connectivity index (χ0) is 14.7. The molecule has 2 N–H and O–H groups in total. The third-order valence-corrected chi connectivity index (χ3v) is 3.68. The lowest BCUT2D eigenvalue weighted by molar-refractivity contribution is 0.297. The van der Waals surface area contributed by atoms with Gasteiger partial charge in [-0.05, 0) is 45.3 Å². The number of nitrogens with one attached hydrogen (secondary N) is 2. The number of guanidine groups is 1. The van der Waals surface area contributed by atoms with Crippen LogP contribution >= 0.6 is 0 Å². The van der Waals surface area contributed by atoms with Crippen LogP contribution in [0.25, 0.3) is 0 Å². The highest BCUT2D eigenvalue weighted by Gasteiger charge is 2.08. The highest BCUT2D eigenvalue weighted by molar-refractivity contribution is 5.79. The van der Waals surface area contributed by atoms with Crippen molar-refractivity contribution < 1.29 is 0 Å². The molecule has 0 rings (SSSR count). The lowest BCUT2D eigenvalue weighted by Crippen LogP contribution is -2.44. The topological polar surface area (TPSA) is 39.7 Å². The molecule has 0 saturated carbocycles. The smallest absolute Gasteiger partial charge is 0.191 e. The van der Waals surface area contributed by atoms with E-state index in [4.69, 9.17) is 0 Å². The quantitative estimate of drug-likeness (QED) is 0.384. The first-order valence-corrected chi connectivity index (χ1v) is 7.74. The third kappa shape index (κ3) is 8.87. The Kier molecular flexibility index (Phi) is 10.6. The molecule has 0 spiro atoms. The van der Waals surface area contributed by atoms with E-state index in [2.05, 4.69) is 55.1 Å². The van der Waals surface area contributed by atoms with Crippen LogP contribution in [0.5, 0.6) is 0 Å². The highest BCUT2D eigenvalue weighted by Crippen LogP contribution is 1.99. The van der Waals surface area contributed by atoms with Crippen molar-refractivity contribution in [3.05, 3.63) is 0 Å². The Hall–Kier alpha value is -0.770. The van der Waals surface area contributed by atoms with Crippen molar-refractivity contribution in [1.82, 2.24) is 15.5 Å². The second-order valence-corrected chi connectivity index (χ2v) is 5.41. The van der Waals surface area contributed by atoms with Gasteiger partial charge in [0.1, 0.15) is 0 Å². The van der Waals surface area contributed by atoms with Crippen molar-refractivity contribution in [3.63, 3.8) is 0 Å². The van der Waals surface area contributed by atoms with Crippen LogP contribution < -0.4 is 10.6 Å². The maximum Gasteiger partial charge on any atom is 0.191 e. The van der Waals surface area contributed by atoms with Crippen LogP contribution in [0.1, 0.15) is 47.5 Å². The second kappa shape index (κ2) is 11.1. The Morgan fingerprint density at radius 2 is 1.74 bits per heavy atom. The molecule has 0 aliphatic carbocycles. The van der Waals surface area contributed by atoms with Gasteiger partial charge in [0.15, 0.2) is 5.96 Å². The Morgan fingerprint density at radius 3 is 2.21 bits per heavy atom. The van der Waals surface area contributed by atoms with E-state index in [0.29, 0.717) is 12.0 Å². The molecule has 0 radical (unpaired) electrons. The molecule has 1 atom stereocenters. The zero-order valence-electron chi connectivity index (χ0n) is 13.8. The first-order chi connectivity index (χ1) is 9.04. The molecule has 0 aromatic rings. The minimum atomic E-state index is 0.446. The van der Waals surface area contributed by atoms with Gasteiger partial charge in [0.2, 0.25) is 0 Å². The summed E-state index contributed by atoms with van der Waals surface area (Å²) >= 11 is 0. The van der Waals surface area contributed by atoms with Crippen LogP contribution in [0.15, 0.2) is 4.99 Å². The Bertz CT molecular complexity index is 234. The van der Waals surface area contributed by atoms with E-state index in [1.54, 1.807) is 0 Å². The van der Waals surface area contributed by atoms with Gasteiger partial charge < -0.3 is 15.5 Å². The second-order valence-electron chi connectivity index (χ2n) is 5.41. The van der Waals surface area contributed by atoms with Gasteiger partial charge in [-0.25, -0.2) is 0 Å². The third-order valence-electron chi connectivity index (χ3n) is 3.68. The summed E-state index contributed by atoms with van der Waals surface area (Å²) in [5.74, 6) is 1.53. The summed E-state index contributed by atoms with van der Waals surface area (Å²) in [6.07, 6.45) is 2.43. The molecule has 0 saturated heterocycles. The molecule has 0 aromatic carbocycles. The summed E-state index contributed by atoms with van der Waals surface area (Å²) in [6, 6.07) is 0.446. The van der Waals surface area contributed by atoms with E-state index in [1.807, 2.05) is 7.05 Å². The first-order valence-electron chi connectivity index (χ1n) is 7.74. The van der Waals surface area contributed by atoms with Gasteiger partial charge in [-0.15, -0.1) is 0 Å². The molecule has 0 aliphatic rings. The van der Waals surface area contributed by atoms with Crippen molar-refractivity contribution in [1.29, 1.82) is 0 Å². The van der Waals surface area contributed by atoms with E-state index < -0.39 is 0 Å². The molecule has 4 nitrogen and oxygen atoms in total. The van der Waals surface area contributed by atoms with Gasteiger partial charge >= 0.3 is 0 Å². The molecule has 0 bridgehead atoms. The molecule has 0 fully saturated rings. The molecule has 0 amide bonds. The van der Waals surface area contributed by atoms with E-state index in [1.165, 1.54) is 19.4 Å². The van der Waals surface area contributed by atoms with Gasteiger partial charge in [-0.3, -0.25) is 4.99 Å². The molecular formula is C15H34N4. The zero-order valence-corrected chi connectivity index (χ0v) is 13.8. The fourth-order valence-corrected chi connectivity index (χ4v) is 1.78. The maximum absolute atomic E-state index is 4.26. The van der Waals surface area contributed by atoms with E-state index in [9.17, 15) is 0 Å². The van der Waals surface area contributed by atoms with Gasteiger partial charge in [-0.2, -0.15) is 0 Å². The number of unbranched alkanes of at least 4 members (excludes halogenated alkanes) is 1. The standard InChI is InChI=1S/C15H34N4/c1-7-19(8-2)12-10-9-11-17-15(16-6)18-14(5)13(3)4/h13-14H,7-12H2,1-6H3,(H2,16,17,18). The minimum absolute atomic E-state index is 0.446. The van der Waals surface area contributed by atoms with Crippen molar-refractivity contribution >= 4 is 5.96 Å². The fraction of sp³-hybridized carbons (Fsp3) is 0.933. The lowest BCUT2D eigenvalue weighted by Gasteiger charge is -2.21. The predicted molar refractivity (Wildman–Crippen MR) is 85.8 cm³/mol. The van der Waals surface area contributed by atoms with Gasteiger partial charge in [0, 0.05) is 19.6 Å². The molecule has 1 unspecified atom stereocenters. The van der Waals surface area contributed by atoms with Gasteiger partial charge in [-0.1, -0.05) is 27.7 Å². The molecule has 19 heavy (non-hydrogen) atoms. The van der Waals surface area contributed by atoms with E-state index in [-0.39, 0.29) is 0 Å². The number of rotatable bonds is 9. The lowest BCUT2D eigenvalue weighted by atomic mass is 10.1. The van der Waals surface area contributed by atoms with Crippen LogP contribution in [0, 0.1) is 5.92 Å². The Labute approximate surface area is 120 Å². The normalized spacial score (nSPS) is 14.0. The molecule has 0 aliphatic heterocycles. The average Bonchev–Trinajstić information content (AvgIpc) is 2.41. The van der Waals surface area contributed by atoms with Crippen molar-refractivity contribution in [2.24, 2.45) is 10.9 Å². The number of hydrogen-bond donors (Lipinski definition) is 2. The summed E-state index contributed by atoms with van der Waals surface area (Å²) in [5.41, 5.74) is 0. The number of aliphatic imine (C=N–C) groups is 1. The Balaban J connectivity index is 3.74. The van der Waals surface area contributed by atoms with Crippen LogP contribution in [-0.4, -0.2) is 50.1 Å². The van der Waals surface area contributed by atoms with Crippen LogP contribution in [0.3, 0.4) is 0 Å². The first kappa shape index (κ1) is 18.2.